The molecule has 0 saturated carbocycles. The summed E-state index contributed by atoms with van der Waals surface area (Å²) in [6.07, 6.45) is 3.72. The summed E-state index contributed by atoms with van der Waals surface area (Å²) in [4.78, 5) is 28.4. The van der Waals surface area contributed by atoms with Crippen LogP contribution in [0.3, 0.4) is 0 Å². The first-order valence-corrected chi connectivity index (χ1v) is 6.35. The molecule has 0 spiro atoms. The minimum atomic E-state index is -1.11. The lowest BCUT2D eigenvalue weighted by Gasteiger charge is -2.21. The van der Waals surface area contributed by atoms with Crippen molar-refractivity contribution in [2.24, 2.45) is 0 Å². The molecule has 1 amide bonds. The van der Waals surface area contributed by atoms with Crippen molar-refractivity contribution in [2.45, 2.75) is 0 Å². The highest BCUT2D eigenvalue weighted by Crippen LogP contribution is 2.11. The third-order valence-electron chi connectivity index (χ3n) is 2.67. The Bertz CT molecular complexity index is 516. The number of aromatic nitrogens is 1. The van der Waals surface area contributed by atoms with Gasteiger partial charge in [0.1, 0.15) is 5.69 Å². The largest absolute Gasteiger partial charge is 0.478 e. The molecular formula is C14H18N2O5. The Labute approximate surface area is 122 Å². The number of hydrogen-bond acceptors (Lipinski definition) is 5. The predicted octanol–water partition coefficient (Wildman–Crippen LogP) is 0.260. The van der Waals surface area contributed by atoms with Crippen LogP contribution in [0.1, 0.15) is 16.1 Å². The maximum Gasteiger partial charge on any atom is 0.328 e. The number of methoxy groups -OCH3 is 1. The summed E-state index contributed by atoms with van der Waals surface area (Å²) in [6, 6.07) is 3.22. The van der Waals surface area contributed by atoms with Gasteiger partial charge < -0.3 is 19.8 Å². The van der Waals surface area contributed by atoms with E-state index in [2.05, 4.69) is 4.98 Å². The van der Waals surface area contributed by atoms with Crippen LogP contribution in [-0.4, -0.2) is 65.4 Å². The number of aliphatic hydroxyl groups excluding tert-OH is 1. The summed E-state index contributed by atoms with van der Waals surface area (Å²) in [6.45, 7) is 0.622. The van der Waals surface area contributed by atoms with Gasteiger partial charge in [-0.1, -0.05) is 6.07 Å². The summed E-state index contributed by atoms with van der Waals surface area (Å²) in [5.41, 5.74) is 0.546. The summed E-state index contributed by atoms with van der Waals surface area (Å²) in [5.74, 6) is -1.49. The van der Waals surface area contributed by atoms with E-state index in [9.17, 15) is 9.59 Å². The third kappa shape index (κ3) is 5.33. The molecule has 7 nitrogen and oxygen atoms in total. The smallest absolute Gasteiger partial charge is 0.328 e. The fourth-order valence-electron chi connectivity index (χ4n) is 1.68. The van der Waals surface area contributed by atoms with Crippen LogP contribution in [0, 0.1) is 0 Å². The van der Waals surface area contributed by atoms with Gasteiger partial charge in [-0.3, -0.25) is 9.78 Å². The van der Waals surface area contributed by atoms with Crippen LogP contribution in [-0.2, 0) is 9.53 Å². The van der Waals surface area contributed by atoms with Gasteiger partial charge in [-0.05, 0) is 12.1 Å². The van der Waals surface area contributed by atoms with E-state index in [0.29, 0.717) is 18.7 Å². The minimum Gasteiger partial charge on any atom is -0.478 e. The molecule has 0 aliphatic rings. The van der Waals surface area contributed by atoms with Crippen LogP contribution in [0.15, 0.2) is 24.4 Å². The molecule has 7 heteroatoms. The highest BCUT2D eigenvalue weighted by Gasteiger charge is 2.18. The molecule has 0 aliphatic heterocycles. The number of pyridine rings is 1. The Morgan fingerprint density at radius 2 is 2.19 bits per heavy atom. The molecule has 0 atom stereocenters. The third-order valence-corrected chi connectivity index (χ3v) is 2.67. The SMILES string of the molecule is COCCN(CCO)C(=O)c1ncccc1/C=C/C(=O)O. The fraction of sp³-hybridized carbons (Fsp3) is 0.357. The van der Waals surface area contributed by atoms with E-state index in [1.807, 2.05) is 0 Å². The molecule has 0 saturated heterocycles. The number of carbonyl (C=O) groups is 2. The van der Waals surface area contributed by atoms with Gasteiger partial charge in [-0.25, -0.2) is 4.79 Å². The van der Waals surface area contributed by atoms with Crippen LogP contribution in [0.2, 0.25) is 0 Å². The van der Waals surface area contributed by atoms with Crippen LogP contribution >= 0.6 is 0 Å². The first-order valence-electron chi connectivity index (χ1n) is 6.35. The summed E-state index contributed by atoms with van der Waals surface area (Å²) < 4.78 is 4.93. The second kappa shape index (κ2) is 8.83. The van der Waals surface area contributed by atoms with Crippen LogP contribution in [0.4, 0.5) is 0 Å². The van der Waals surface area contributed by atoms with Crippen molar-refractivity contribution in [1.82, 2.24) is 9.88 Å². The second-order valence-corrected chi connectivity index (χ2v) is 4.12. The van der Waals surface area contributed by atoms with Gasteiger partial charge in [-0.15, -0.1) is 0 Å². The normalized spacial score (nSPS) is 10.8. The fourth-order valence-corrected chi connectivity index (χ4v) is 1.68. The van der Waals surface area contributed by atoms with Crippen molar-refractivity contribution in [3.8, 4) is 0 Å². The Morgan fingerprint density at radius 1 is 1.43 bits per heavy atom. The number of aliphatic carboxylic acids is 1. The first kappa shape index (κ1) is 16.8. The minimum absolute atomic E-state index is 0.138. The van der Waals surface area contributed by atoms with Crippen molar-refractivity contribution in [3.63, 3.8) is 0 Å². The van der Waals surface area contributed by atoms with Crippen molar-refractivity contribution in [3.05, 3.63) is 35.7 Å². The molecule has 1 aromatic rings. The van der Waals surface area contributed by atoms with E-state index in [1.54, 1.807) is 12.1 Å². The Morgan fingerprint density at radius 3 is 2.81 bits per heavy atom. The number of aliphatic hydroxyl groups is 1. The number of amides is 1. The van der Waals surface area contributed by atoms with E-state index >= 15 is 0 Å². The van der Waals surface area contributed by atoms with E-state index in [-0.39, 0.29) is 24.8 Å². The molecule has 1 aromatic heterocycles. The van der Waals surface area contributed by atoms with Crippen molar-refractivity contribution in [1.29, 1.82) is 0 Å². The van der Waals surface area contributed by atoms with Gasteiger partial charge in [-0.2, -0.15) is 0 Å². The summed E-state index contributed by atoms with van der Waals surface area (Å²) in [5, 5.41) is 17.7. The number of carboxylic acid groups (broad SMARTS) is 1. The lowest BCUT2D eigenvalue weighted by molar-refractivity contribution is -0.131. The van der Waals surface area contributed by atoms with Crippen LogP contribution < -0.4 is 0 Å². The van der Waals surface area contributed by atoms with Crippen molar-refractivity contribution in [2.75, 3.05) is 33.4 Å². The van der Waals surface area contributed by atoms with Gasteiger partial charge >= 0.3 is 5.97 Å². The number of nitrogens with zero attached hydrogens (tertiary/aromatic N) is 2. The van der Waals surface area contributed by atoms with Gasteiger partial charge in [0.05, 0.1) is 13.2 Å². The average molecular weight is 294 g/mol. The molecule has 114 valence electrons. The van der Waals surface area contributed by atoms with Crippen LogP contribution in [0.25, 0.3) is 6.08 Å². The van der Waals surface area contributed by atoms with E-state index in [1.165, 1.54) is 24.3 Å². The molecule has 21 heavy (non-hydrogen) atoms. The Kier molecular flexibility index (Phi) is 7.06. The number of hydrogen-bond donors (Lipinski definition) is 2. The predicted molar refractivity (Wildman–Crippen MR) is 75.8 cm³/mol. The molecule has 0 aliphatic carbocycles. The molecule has 0 fully saturated rings. The van der Waals surface area contributed by atoms with Gasteiger partial charge in [0.2, 0.25) is 0 Å². The molecule has 0 aromatic carbocycles. The summed E-state index contributed by atoms with van der Waals surface area (Å²) in [7, 11) is 1.52. The number of ether oxygens (including phenoxy) is 1. The highest BCUT2D eigenvalue weighted by atomic mass is 16.5. The standard InChI is InChI=1S/C14H18N2O5/c1-21-10-8-16(7-9-17)14(20)13-11(3-2-6-15-13)4-5-12(18)19/h2-6,17H,7-10H2,1H3,(H,18,19)/b5-4+. The molecule has 2 N–H and O–H groups in total. The van der Waals surface area contributed by atoms with E-state index in [4.69, 9.17) is 14.9 Å². The van der Waals surface area contributed by atoms with Gasteiger partial charge in [0.25, 0.3) is 5.91 Å². The molecule has 0 bridgehead atoms. The number of carboxylic acids is 1. The average Bonchev–Trinajstić information content (AvgIpc) is 2.49. The first-order chi connectivity index (χ1) is 10.1. The highest BCUT2D eigenvalue weighted by molar-refractivity contribution is 5.97. The van der Waals surface area contributed by atoms with Gasteiger partial charge in [0.15, 0.2) is 0 Å². The molecule has 1 rings (SSSR count). The van der Waals surface area contributed by atoms with E-state index < -0.39 is 5.97 Å². The zero-order valence-corrected chi connectivity index (χ0v) is 11.7. The molecule has 0 radical (unpaired) electrons. The lowest BCUT2D eigenvalue weighted by Crippen LogP contribution is -2.37. The zero-order valence-electron chi connectivity index (χ0n) is 11.7. The second-order valence-electron chi connectivity index (χ2n) is 4.12. The molecular weight excluding hydrogens is 276 g/mol. The monoisotopic (exact) mass is 294 g/mol. The quantitative estimate of drug-likeness (QED) is 0.667. The van der Waals surface area contributed by atoms with E-state index in [0.717, 1.165) is 6.08 Å². The topological polar surface area (TPSA) is 100.0 Å². The molecule has 1 heterocycles. The number of rotatable bonds is 8. The number of carbonyl (C=O) groups excluding carboxylic acids is 1. The maximum atomic E-state index is 12.4. The summed E-state index contributed by atoms with van der Waals surface area (Å²) >= 11 is 0. The lowest BCUT2D eigenvalue weighted by atomic mass is 10.1. The maximum absolute atomic E-state index is 12.4. The Hall–Kier alpha value is -2.25. The van der Waals surface area contributed by atoms with Gasteiger partial charge in [0, 0.05) is 38.0 Å². The zero-order chi connectivity index (χ0) is 15.7. The Balaban J connectivity index is 3.00. The van der Waals surface area contributed by atoms with Crippen molar-refractivity contribution >= 4 is 18.0 Å². The van der Waals surface area contributed by atoms with Crippen molar-refractivity contribution < 1.29 is 24.5 Å². The molecule has 0 unspecified atom stereocenters. The van der Waals surface area contributed by atoms with Crippen LogP contribution in [0.5, 0.6) is 0 Å².